The van der Waals surface area contributed by atoms with E-state index in [1.807, 2.05) is 18.2 Å². The van der Waals surface area contributed by atoms with Crippen LogP contribution in [0.5, 0.6) is 0 Å². The summed E-state index contributed by atoms with van der Waals surface area (Å²) in [7, 11) is 0. The van der Waals surface area contributed by atoms with Gasteiger partial charge in [0.05, 0.1) is 16.6 Å². The molecule has 6 rings (SSSR count). The summed E-state index contributed by atoms with van der Waals surface area (Å²) in [6.07, 6.45) is 6.70. The van der Waals surface area contributed by atoms with Crippen molar-refractivity contribution in [2.45, 2.75) is 37.2 Å². The molecular formula is C25H20FN3O2. The average Bonchev–Trinajstić information content (AvgIpc) is 3.34. The Hall–Kier alpha value is -3.54. The first-order valence-electron chi connectivity index (χ1n) is 10.5. The van der Waals surface area contributed by atoms with Gasteiger partial charge in [-0.1, -0.05) is 18.2 Å². The molecule has 0 saturated heterocycles. The highest BCUT2D eigenvalue weighted by Gasteiger charge is 2.48. The molecule has 0 amide bonds. The number of rotatable bonds is 2. The van der Waals surface area contributed by atoms with Crippen molar-refractivity contribution < 1.29 is 13.9 Å². The molecule has 0 unspecified atom stereocenters. The summed E-state index contributed by atoms with van der Waals surface area (Å²) in [6.45, 7) is 0. The molecular weight excluding hydrogens is 393 g/mol. The van der Waals surface area contributed by atoms with E-state index in [4.69, 9.17) is 9.72 Å². The second kappa shape index (κ2) is 6.74. The van der Waals surface area contributed by atoms with Gasteiger partial charge in [-0.3, -0.25) is 4.98 Å². The van der Waals surface area contributed by atoms with Crippen LogP contribution in [0.3, 0.4) is 0 Å². The van der Waals surface area contributed by atoms with E-state index in [1.54, 1.807) is 30.6 Å². The van der Waals surface area contributed by atoms with Crippen molar-refractivity contribution in [1.82, 2.24) is 15.0 Å². The van der Waals surface area contributed by atoms with Crippen LogP contribution in [0.1, 0.15) is 53.3 Å². The van der Waals surface area contributed by atoms with Gasteiger partial charge in [0.15, 0.2) is 0 Å². The fourth-order valence-corrected chi connectivity index (χ4v) is 4.99. The molecule has 1 spiro atoms. The zero-order valence-electron chi connectivity index (χ0n) is 16.8. The first-order valence-corrected chi connectivity index (χ1v) is 10.5. The molecule has 0 bridgehead atoms. The van der Waals surface area contributed by atoms with Gasteiger partial charge in [-0.15, -0.1) is 0 Å². The van der Waals surface area contributed by atoms with E-state index in [1.165, 1.54) is 12.1 Å². The van der Waals surface area contributed by atoms with E-state index in [9.17, 15) is 9.18 Å². The Morgan fingerprint density at radius 1 is 1.03 bits per heavy atom. The van der Waals surface area contributed by atoms with Crippen molar-refractivity contribution in [3.63, 3.8) is 0 Å². The van der Waals surface area contributed by atoms with Crippen LogP contribution in [-0.4, -0.2) is 20.9 Å². The van der Waals surface area contributed by atoms with Gasteiger partial charge in [-0.25, -0.2) is 14.2 Å². The number of halogens is 1. The van der Waals surface area contributed by atoms with Crippen LogP contribution in [0.15, 0.2) is 60.9 Å². The molecule has 3 heterocycles. The lowest BCUT2D eigenvalue weighted by atomic mass is 9.75. The van der Waals surface area contributed by atoms with Gasteiger partial charge >= 0.3 is 5.97 Å². The number of pyridine rings is 1. The van der Waals surface area contributed by atoms with Crippen LogP contribution in [0.25, 0.3) is 22.2 Å². The monoisotopic (exact) mass is 413 g/mol. The molecule has 2 aromatic carbocycles. The van der Waals surface area contributed by atoms with E-state index >= 15 is 0 Å². The van der Waals surface area contributed by atoms with Gasteiger partial charge in [-0.2, -0.15) is 0 Å². The molecule has 4 aromatic rings. The number of carbonyl (C=O) groups excluding carboxylic acids is 1. The fourth-order valence-electron chi connectivity index (χ4n) is 4.99. The molecule has 154 valence electrons. The average molecular weight is 413 g/mol. The molecule has 1 aliphatic heterocycles. The third kappa shape index (κ3) is 2.93. The smallest absolute Gasteiger partial charge is 0.339 e. The molecule has 1 N–H and O–H groups in total. The molecule has 0 radical (unpaired) electrons. The lowest BCUT2D eigenvalue weighted by Gasteiger charge is -2.35. The van der Waals surface area contributed by atoms with Crippen LogP contribution in [0.4, 0.5) is 4.39 Å². The molecule has 2 aromatic heterocycles. The fraction of sp³-hybridized carbons (Fsp3) is 0.240. The molecule has 5 nitrogen and oxygen atoms in total. The second-order valence-corrected chi connectivity index (χ2v) is 8.44. The minimum absolute atomic E-state index is 0.242. The summed E-state index contributed by atoms with van der Waals surface area (Å²) >= 11 is 0. The van der Waals surface area contributed by atoms with Crippen molar-refractivity contribution in [2.75, 3.05) is 0 Å². The molecule has 31 heavy (non-hydrogen) atoms. The number of imidazole rings is 1. The Morgan fingerprint density at radius 3 is 2.61 bits per heavy atom. The van der Waals surface area contributed by atoms with E-state index in [2.05, 4.69) is 9.97 Å². The molecule has 0 atom stereocenters. The van der Waals surface area contributed by atoms with Crippen LogP contribution < -0.4 is 0 Å². The highest BCUT2D eigenvalue weighted by Crippen LogP contribution is 2.49. The summed E-state index contributed by atoms with van der Waals surface area (Å²) in [6, 6.07) is 14.3. The van der Waals surface area contributed by atoms with Crippen LogP contribution in [0.2, 0.25) is 0 Å². The Bertz CT molecular complexity index is 1300. The van der Waals surface area contributed by atoms with Gasteiger partial charge in [0.25, 0.3) is 0 Å². The normalized spacial score (nSPS) is 22.6. The highest BCUT2D eigenvalue weighted by molar-refractivity contribution is 5.94. The number of nitrogens with one attached hydrogen (secondary N) is 1. The Balaban J connectivity index is 1.25. The number of nitrogens with zero attached hydrogens (tertiary/aromatic N) is 2. The summed E-state index contributed by atoms with van der Waals surface area (Å²) < 4.78 is 19.1. The van der Waals surface area contributed by atoms with Gasteiger partial charge in [0, 0.05) is 23.9 Å². The summed E-state index contributed by atoms with van der Waals surface area (Å²) in [5.41, 5.74) is 4.89. The predicted molar refractivity (Wildman–Crippen MR) is 114 cm³/mol. The van der Waals surface area contributed by atoms with Crippen LogP contribution in [-0.2, 0) is 10.3 Å². The predicted octanol–water partition coefficient (Wildman–Crippen LogP) is 5.49. The van der Waals surface area contributed by atoms with E-state index in [0.29, 0.717) is 5.56 Å². The number of benzene rings is 2. The Kier molecular flexibility index (Phi) is 3.96. The van der Waals surface area contributed by atoms with Crippen LogP contribution >= 0.6 is 0 Å². The highest BCUT2D eigenvalue weighted by atomic mass is 19.1. The number of carbonyl (C=O) groups is 1. The number of ether oxygens (including phenoxy) is 1. The maximum atomic E-state index is 13.2. The van der Waals surface area contributed by atoms with E-state index in [-0.39, 0.29) is 17.7 Å². The number of aromatic amines is 1. The topological polar surface area (TPSA) is 67.9 Å². The largest absolute Gasteiger partial charge is 0.450 e. The number of aromatic nitrogens is 3. The maximum Gasteiger partial charge on any atom is 0.339 e. The number of H-pyrrole nitrogens is 1. The van der Waals surface area contributed by atoms with Crippen molar-refractivity contribution in [1.29, 1.82) is 0 Å². The second-order valence-electron chi connectivity index (χ2n) is 8.44. The maximum absolute atomic E-state index is 13.2. The summed E-state index contributed by atoms with van der Waals surface area (Å²) in [4.78, 5) is 24.8. The lowest BCUT2D eigenvalue weighted by molar-refractivity contribution is -0.0313. The van der Waals surface area contributed by atoms with Gasteiger partial charge < -0.3 is 9.72 Å². The van der Waals surface area contributed by atoms with Crippen molar-refractivity contribution in [2.24, 2.45) is 0 Å². The zero-order chi connectivity index (χ0) is 21.0. The SMILES string of the molecule is O=C1O[C@]2(CC[C@@H](c3nc4cc(-c5ccc(F)cc5)ccc4[nH]3)CC2)c2cnccc21. The molecule has 1 fully saturated rings. The summed E-state index contributed by atoms with van der Waals surface area (Å²) in [5, 5.41) is 0. The zero-order valence-corrected chi connectivity index (χ0v) is 16.8. The first kappa shape index (κ1) is 18.2. The number of hydrogen-bond acceptors (Lipinski definition) is 4. The van der Waals surface area contributed by atoms with Gasteiger partial charge in [0.2, 0.25) is 0 Å². The molecule has 1 aliphatic carbocycles. The van der Waals surface area contributed by atoms with Gasteiger partial charge in [0.1, 0.15) is 17.2 Å². The number of hydrogen-bond donors (Lipinski definition) is 1. The minimum atomic E-state index is -0.543. The van der Waals surface area contributed by atoms with Crippen molar-refractivity contribution in [3.05, 3.63) is 83.7 Å². The van der Waals surface area contributed by atoms with Gasteiger partial charge in [-0.05, 0) is 67.1 Å². The van der Waals surface area contributed by atoms with Crippen molar-refractivity contribution in [3.8, 4) is 11.1 Å². The number of fused-ring (bicyclic) bond motifs is 3. The van der Waals surface area contributed by atoms with Crippen LogP contribution in [0, 0.1) is 5.82 Å². The third-order valence-electron chi connectivity index (χ3n) is 6.68. The minimum Gasteiger partial charge on any atom is -0.450 e. The third-order valence-corrected chi connectivity index (χ3v) is 6.68. The quantitative estimate of drug-likeness (QED) is 0.442. The van der Waals surface area contributed by atoms with E-state index in [0.717, 1.165) is 59.2 Å². The standard InChI is InChI=1S/C25H20FN3O2/c26-18-4-1-15(2-5-18)17-3-6-21-22(13-17)29-23(28-21)16-7-10-25(11-8-16)20-14-27-12-9-19(20)24(30)31-25/h1-6,9,12-14,16H,7-8,10-11H2,(H,28,29)/t16-,25+. The summed E-state index contributed by atoms with van der Waals surface area (Å²) in [5.74, 6) is 0.768. The van der Waals surface area contributed by atoms with Crippen molar-refractivity contribution >= 4 is 17.0 Å². The molecule has 1 saturated carbocycles. The Labute approximate surface area is 178 Å². The first-order chi connectivity index (χ1) is 15.1. The Morgan fingerprint density at radius 2 is 1.81 bits per heavy atom. The lowest BCUT2D eigenvalue weighted by Crippen LogP contribution is -2.31. The van der Waals surface area contributed by atoms with E-state index < -0.39 is 5.60 Å². The molecule has 2 aliphatic rings. The molecule has 6 heteroatoms. The number of esters is 1.